The minimum absolute atomic E-state index is 0.109. The number of methoxy groups -OCH3 is 6. The molecule has 8 heteroatoms. The third-order valence-corrected chi connectivity index (χ3v) is 6.47. The molecule has 0 saturated heterocycles. The van der Waals surface area contributed by atoms with Crippen LogP contribution in [0.3, 0.4) is 0 Å². The van der Waals surface area contributed by atoms with Crippen molar-refractivity contribution in [2.24, 2.45) is 5.73 Å². The Morgan fingerprint density at radius 1 is 0.647 bits per heavy atom. The molecule has 0 aromatic heterocycles. The van der Waals surface area contributed by atoms with E-state index < -0.39 is 0 Å². The van der Waals surface area contributed by atoms with E-state index in [2.05, 4.69) is 4.90 Å². The Bertz CT molecular complexity index is 835. The van der Waals surface area contributed by atoms with Crippen LogP contribution in [-0.2, 0) is 13.1 Å². The van der Waals surface area contributed by atoms with Gasteiger partial charge in [0.1, 0.15) is 0 Å². The van der Waals surface area contributed by atoms with Gasteiger partial charge < -0.3 is 34.2 Å². The van der Waals surface area contributed by atoms with Gasteiger partial charge in [0, 0.05) is 25.2 Å². The summed E-state index contributed by atoms with van der Waals surface area (Å²) in [6.45, 7) is 1.34. The Labute approximate surface area is 202 Å². The predicted molar refractivity (Wildman–Crippen MR) is 132 cm³/mol. The molecule has 2 atom stereocenters. The molecule has 2 unspecified atom stereocenters. The zero-order chi connectivity index (χ0) is 24.7. The monoisotopic (exact) mass is 474 g/mol. The van der Waals surface area contributed by atoms with E-state index in [0.717, 1.165) is 24.0 Å². The molecule has 2 aromatic carbocycles. The second kappa shape index (κ2) is 12.0. The molecule has 1 saturated carbocycles. The molecule has 0 aliphatic heterocycles. The summed E-state index contributed by atoms with van der Waals surface area (Å²) in [5.41, 5.74) is 8.73. The van der Waals surface area contributed by atoms with Crippen molar-refractivity contribution in [1.29, 1.82) is 0 Å². The summed E-state index contributed by atoms with van der Waals surface area (Å²) >= 11 is 0. The largest absolute Gasteiger partial charge is 0.493 e. The molecule has 188 valence electrons. The van der Waals surface area contributed by atoms with Gasteiger partial charge >= 0.3 is 0 Å². The van der Waals surface area contributed by atoms with Gasteiger partial charge in [-0.25, -0.2) is 0 Å². The van der Waals surface area contributed by atoms with E-state index in [4.69, 9.17) is 34.2 Å². The zero-order valence-electron chi connectivity index (χ0n) is 21.2. The minimum Gasteiger partial charge on any atom is -0.493 e. The average molecular weight is 475 g/mol. The number of hydrogen-bond donors (Lipinski definition) is 1. The van der Waals surface area contributed by atoms with Gasteiger partial charge in [-0.05, 0) is 48.2 Å². The highest BCUT2D eigenvalue weighted by Gasteiger charge is 2.29. The molecule has 34 heavy (non-hydrogen) atoms. The number of nitrogens with two attached hydrogens (primary N) is 1. The lowest BCUT2D eigenvalue weighted by molar-refractivity contribution is 0.121. The quantitative estimate of drug-likeness (QED) is 0.523. The van der Waals surface area contributed by atoms with Gasteiger partial charge in [0.15, 0.2) is 23.0 Å². The van der Waals surface area contributed by atoms with Crippen molar-refractivity contribution in [3.8, 4) is 34.5 Å². The van der Waals surface area contributed by atoms with Crippen molar-refractivity contribution in [2.45, 2.75) is 50.9 Å². The first kappa shape index (κ1) is 25.8. The maximum absolute atomic E-state index is 6.62. The fraction of sp³-hybridized carbons (Fsp3) is 0.538. The van der Waals surface area contributed by atoms with Gasteiger partial charge in [0.2, 0.25) is 11.5 Å². The highest BCUT2D eigenvalue weighted by atomic mass is 16.5. The van der Waals surface area contributed by atoms with E-state index in [-0.39, 0.29) is 12.1 Å². The van der Waals surface area contributed by atoms with Gasteiger partial charge in [0.25, 0.3) is 0 Å². The molecule has 0 radical (unpaired) electrons. The van der Waals surface area contributed by atoms with Crippen molar-refractivity contribution in [3.63, 3.8) is 0 Å². The Kier molecular flexibility index (Phi) is 9.12. The molecule has 2 N–H and O–H groups in total. The molecule has 3 rings (SSSR count). The zero-order valence-corrected chi connectivity index (χ0v) is 21.2. The Morgan fingerprint density at radius 2 is 1.03 bits per heavy atom. The maximum Gasteiger partial charge on any atom is 0.203 e. The molecule has 8 nitrogen and oxygen atoms in total. The van der Waals surface area contributed by atoms with Crippen LogP contribution in [0.1, 0.15) is 36.8 Å². The molecule has 0 spiro atoms. The molecule has 0 amide bonds. The van der Waals surface area contributed by atoms with Crippen LogP contribution < -0.4 is 34.2 Å². The Morgan fingerprint density at radius 3 is 1.35 bits per heavy atom. The smallest absolute Gasteiger partial charge is 0.203 e. The summed E-state index contributed by atoms with van der Waals surface area (Å²) < 4.78 is 33.3. The molecule has 1 aliphatic carbocycles. The van der Waals surface area contributed by atoms with E-state index in [9.17, 15) is 0 Å². The van der Waals surface area contributed by atoms with Crippen LogP contribution in [0.15, 0.2) is 24.3 Å². The van der Waals surface area contributed by atoms with Crippen LogP contribution in [0.25, 0.3) is 0 Å². The van der Waals surface area contributed by atoms with Gasteiger partial charge in [-0.3, -0.25) is 4.90 Å². The summed E-state index contributed by atoms with van der Waals surface area (Å²) in [4.78, 5) is 2.42. The third kappa shape index (κ3) is 5.62. The van der Waals surface area contributed by atoms with Crippen molar-refractivity contribution < 1.29 is 28.4 Å². The molecule has 2 aromatic rings. The van der Waals surface area contributed by atoms with E-state index in [1.165, 1.54) is 12.8 Å². The maximum atomic E-state index is 6.62. The minimum atomic E-state index is 0.109. The summed E-state index contributed by atoms with van der Waals surface area (Å²) in [5, 5.41) is 0. The fourth-order valence-electron chi connectivity index (χ4n) is 4.81. The first-order chi connectivity index (χ1) is 16.5. The highest BCUT2D eigenvalue weighted by molar-refractivity contribution is 5.55. The SMILES string of the molecule is COc1cc(CN(Cc2cc(OC)c(OC)c(OC)c2)C2CCCCC2N)cc(OC)c1OC. The van der Waals surface area contributed by atoms with Crippen LogP contribution in [0.4, 0.5) is 0 Å². The number of rotatable bonds is 11. The Balaban J connectivity index is 1.99. The third-order valence-electron chi connectivity index (χ3n) is 6.47. The van der Waals surface area contributed by atoms with Crippen molar-refractivity contribution >= 4 is 0 Å². The number of hydrogen-bond acceptors (Lipinski definition) is 8. The van der Waals surface area contributed by atoms with Crippen molar-refractivity contribution in [2.75, 3.05) is 42.7 Å². The lowest BCUT2D eigenvalue weighted by atomic mass is 9.89. The number of benzene rings is 2. The number of nitrogens with zero attached hydrogens (tertiary/aromatic N) is 1. The van der Waals surface area contributed by atoms with Gasteiger partial charge in [-0.2, -0.15) is 0 Å². The fourth-order valence-corrected chi connectivity index (χ4v) is 4.81. The van der Waals surface area contributed by atoms with E-state index in [1.54, 1.807) is 42.7 Å². The summed E-state index contributed by atoms with van der Waals surface area (Å²) in [7, 11) is 9.74. The van der Waals surface area contributed by atoms with E-state index in [0.29, 0.717) is 47.6 Å². The molecule has 1 aliphatic rings. The lowest BCUT2D eigenvalue weighted by Gasteiger charge is -2.38. The predicted octanol–water partition coefficient (Wildman–Crippen LogP) is 4.01. The molecular weight excluding hydrogens is 436 g/mol. The second-order valence-electron chi connectivity index (χ2n) is 8.49. The highest BCUT2D eigenvalue weighted by Crippen LogP contribution is 2.41. The number of ether oxygens (including phenoxy) is 6. The molecule has 0 heterocycles. The molecular formula is C26H38N2O6. The van der Waals surface area contributed by atoms with Crippen molar-refractivity contribution in [1.82, 2.24) is 4.90 Å². The Hall–Kier alpha value is -2.84. The van der Waals surface area contributed by atoms with Gasteiger partial charge in [0.05, 0.1) is 42.7 Å². The first-order valence-corrected chi connectivity index (χ1v) is 11.6. The van der Waals surface area contributed by atoms with Gasteiger partial charge in [-0.15, -0.1) is 0 Å². The molecule has 1 fully saturated rings. The van der Waals surface area contributed by atoms with Crippen LogP contribution in [0, 0.1) is 0 Å². The van der Waals surface area contributed by atoms with E-state index in [1.807, 2.05) is 24.3 Å². The lowest BCUT2D eigenvalue weighted by Crippen LogP contribution is -2.48. The van der Waals surface area contributed by atoms with Crippen LogP contribution in [0.5, 0.6) is 34.5 Å². The summed E-state index contributed by atoms with van der Waals surface area (Å²) in [6.07, 6.45) is 4.40. The average Bonchev–Trinajstić information content (AvgIpc) is 2.87. The second-order valence-corrected chi connectivity index (χ2v) is 8.49. The standard InChI is InChI=1S/C26H38N2O6/c1-29-21-11-17(12-22(30-2)25(21)33-5)15-28(20-10-8-7-9-19(20)27)16-18-13-23(31-3)26(34-6)24(14-18)32-4/h11-14,19-20H,7-10,15-16,27H2,1-6H3. The summed E-state index contributed by atoms with van der Waals surface area (Å²) in [6, 6.07) is 8.34. The van der Waals surface area contributed by atoms with E-state index >= 15 is 0 Å². The van der Waals surface area contributed by atoms with Crippen LogP contribution >= 0.6 is 0 Å². The van der Waals surface area contributed by atoms with Crippen molar-refractivity contribution in [3.05, 3.63) is 35.4 Å². The molecule has 0 bridgehead atoms. The topological polar surface area (TPSA) is 84.6 Å². The first-order valence-electron chi connectivity index (χ1n) is 11.6. The summed E-state index contributed by atoms with van der Waals surface area (Å²) in [5.74, 6) is 3.71. The van der Waals surface area contributed by atoms with Crippen LogP contribution in [0.2, 0.25) is 0 Å². The normalized spacial score (nSPS) is 17.9. The van der Waals surface area contributed by atoms with Gasteiger partial charge in [-0.1, -0.05) is 12.8 Å². The van der Waals surface area contributed by atoms with Crippen LogP contribution in [-0.4, -0.2) is 59.6 Å².